The van der Waals surface area contributed by atoms with Gasteiger partial charge in [0.05, 0.1) is 9.88 Å². The zero-order valence-corrected chi connectivity index (χ0v) is 12.8. The van der Waals surface area contributed by atoms with Gasteiger partial charge in [-0.25, -0.2) is 4.98 Å². The molecule has 3 heteroatoms. The number of rotatable bonds is 2. The molecule has 3 rings (SSSR count). The van der Waals surface area contributed by atoms with Crippen LogP contribution >= 0.6 is 27.3 Å². The lowest BCUT2D eigenvalue weighted by molar-refractivity contribution is 1.26. The van der Waals surface area contributed by atoms with Gasteiger partial charge in [-0.3, -0.25) is 0 Å². The van der Waals surface area contributed by atoms with E-state index in [1.807, 2.05) is 13.0 Å². The van der Waals surface area contributed by atoms with Gasteiger partial charge in [0.25, 0.3) is 0 Å². The van der Waals surface area contributed by atoms with Crippen molar-refractivity contribution in [1.29, 1.82) is 0 Å². The monoisotopic (exact) mass is 329 g/mol. The molecule has 0 aliphatic rings. The van der Waals surface area contributed by atoms with Crippen LogP contribution in [0.5, 0.6) is 0 Å². The summed E-state index contributed by atoms with van der Waals surface area (Å²) in [6.07, 6.45) is 0. The third-order valence-corrected chi connectivity index (χ3v) is 4.80. The van der Waals surface area contributed by atoms with Crippen molar-refractivity contribution in [1.82, 2.24) is 4.98 Å². The minimum absolute atomic E-state index is 0.933. The largest absolute Gasteiger partial charge is 0.234 e. The van der Waals surface area contributed by atoms with Gasteiger partial charge in [-0.2, -0.15) is 0 Å². The number of nitrogens with zero attached hydrogens (tertiary/aromatic N) is 1. The predicted octanol–water partition coefficient (Wildman–Crippen LogP) is 5.55. The highest BCUT2D eigenvalue weighted by atomic mass is 79.9. The third kappa shape index (κ3) is 2.62. The highest BCUT2D eigenvalue weighted by Gasteiger charge is 2.08. The topological polar surface area (TPSA) is 12.9 Å². The molecule has 0 bridgehead atoms. The fraction of sp³-hybridized carbons (Fsp3) is 0.0625. The molecule has 1 nitrogen and oxygen atoms in total. The van der Waals surface area contributed by atoms with Crippen LogP contribution in [0.2, 0.25) is 0 Å². The van der Waals surface area contributed by atoms with Crippen LogP contribution < -0.4 is 0 Å². The summed E-state index contributed by atoms with van der Waals surface area (Å²) >= 11 is 5.23. The zero-order chi connectivity index (χ0) is 13.2. The van der Waals surface area contributed by atoms with Gasteiger partial charge in [0.15, 0.2) is 0 Å². The molecule has 0 N–H and O–H groups in total. The average Bonchev–Trinajstić information content (AvgIpc) is 2.79. The molecular weight excluding hydrogens is 318 g/mol. The maximum Gasteiger partial charge on any atom is 0.125 e. The number of aromatic nitrogens is 1. The van der Waals surface area contributed by atoms with Crippen LogP contribution in [0.4, 0.5) is 0 Å². The van der Waals surface area contributed by atoms with Crippen molar-refractivity contribution in [2.75, 3.05) is 0 Å². The van der Waals surface area contributed by atoms with E-state index >= 15 is 0 Å². The summed E-state index contributed by atoms with van der Waals surface area (Å²) in [6, 6.07) is 19.0. The summed E-state index contributed by atoms with van der Waals surface area (Å²) in [5.74, 6) is 0. The Morgan fingerprint density at radius 3 is 2.00 bits per heavy atom. The molecule has 0 fully saturated rings. The van der Waals surface area contributed by atoms with Crippen molar-refractivity contribution in [2.45, 2.75) is 6.92 Å². The Morgan fingerprint density at radius 2 is 1.42 bits per heavy atom. The Balaban J connectivity index is 1.98. The molecule has 0 saturated carbocycles. The summed E-state index contributed by atoms with van der Waals surface area (Å²) < 4.78 is 0.933. The standard InChI is InChI=1S/C16H12BrNS/c1-11-18-16(17)15(19-11)14-9-7-13(8-10-14)12-5-3-2-4-6-12/h2-10H,1H3. The van der Waals surface area contributed by atoms with Crippen molar-refractivity contribution >= 4 is 27.3 Å². The first-order valence-electron chi connectivity index (χ1n) is 6.03. The van der Waals surface area contributed by atoms with Gasteiger partial charge in [-0.05, 0) is 39.5 Å². The molecule has 0 unspecified atom stereocenters. The van der Waals surface area contributed by atoms with E-state index < -0.39 is 0 Å². The number of hydrogen-bond donors (Lipinski definition) is 0. The van der Waals surface area contributed by atoms with Gasteiger partial charge in [-0.15, -0.1) is 11.3 Å². The first-order chi connectivity index (χ1) is 9.24. The molecule has 0 radical (unpaired) electrons. The molecule has 2 aromatic carbocycles. The van der Waals surface area contributed by atoms with Crippen molar-refractivity contribution in [2.24, 2.45) is 0 Å². The predicted molar refractivity (Wildman–Crippen MR) is 85.4 cm³/mol. The number of halogens is 1. The Kier molecular flexibility index (Phi) is 3.49. The molecule has 0 saturated heterocycles. The SMILES string of the molecule is Cc1nc(Br)c(-c2ccc(-c3ccccc3)cc2)s1. The van der Waals surface area contributed by atoms with Crippen LogP contribution in [-0.4, -0.2) is 4.98 Å². The minimum Gasteiger partial charge on any atom is -0.234 e. The van der Waals surface area contributed by atoms with Gasteiger partial charge in [-0.1, -0.05) is 54.6 Å². The van der Waals surface area contributed by atoms with Gasteiger partial charge < -0.3 is 0 Å². The summed E-state index contributed by atoms with van der Waals surface area (Å²) in [5, 5.41) is 1.08. The zero-order valence-electron chi connectivity index (χ0n) is 10.4. The fourth-order valence-corrected chi connectivity index (χ4v) is 3.70. The Morgan fingerprint density at radius 1 is 0.842 bits per heavy atom. The first-order valence-corrected chi connectivity index (χ1v) is 7.64. The van der Waals surface area contributed by atoms with E-state index in [-0.39, 0.29) is 0 Å². The first kappa shape index (κ1) is 12.6. The highest BCUT2D eigenvalue weighted by Crippen LogP contribution is 2.34. The van der Waals surface area contributed by atoms with E-state index in [1.165, 1.54) is 21.6 Å². The Bertz CT molecular complexity index is 687. The van der Waals surface area contributed by atoms with Crippen LogP contribution in [0, 0.1) is 6.92 Å². The summed E-state index contributed by atoms with van der Waals surface area (Å²) in [5.41, 5.74) is 3.69. The Labute approximate surface area is 125 Å². The lowest BCUT2D eigenvalue weighted by Gasteiger charge is -2.03. The van der Waals surface area contributed by atoms with Gasteiger partial charge in [0.2, 0.25) is 0 Å². The van der Waals surface area contributed by atoms with E-state index in [4.69, 9.17) is 0 Å². The van der Waals surface area contributed by atoms with Crippen molar-refractivity contribution < 1.29 is 0 Å². The van der Waals surface area contributed by atoms with E-state index in [0.717, 1.165) is 9.61 Å². The van der Waals surface area contributed by atoms with E-state index in [0.29, 0.717) is 0 Å². The fourth-order valence-electron chi connectivity index (χ4n) is 2.02. The van der Waals surface area contributed by atoms with Gasteiger partial charge in [0.1, 0.15) is 4.60 Å². The van der Waals surface area contributed by atoms with Crippen molar-refractivity contribution in [3.05, 3.63) is 64.2 Å². The van der Waals surface area contributed by atoms with Crippen LogP contribution in [0.15, 0.2) is 59.2 Å². The lowest BCUT2D eigenvalue weighted by atomic mass is 10.0. The van der Waals surface area contributed by atoms with Gasteiger partial charge >= 0.3 is 0 Å². The smallest absolute Gasteiger partial charge is 0.125 e. The number of thiazole rings is 1. The van der Waals surface area contributed by atoms with Crippen LogP contribution in [0.25, 0.3) is 21.6 Å². The summed E-state index contributed by atoms with van der Waals surface area (Å²) in [7, 11) is 0. The quantitative estimate of drug-likeness (QED) is 0.600. The van der Waals surface area contributed by atoms with Crippen LogP contribution in [0.3, 0.4) is 0 Å². The molecule has 0 spiro atoms. The molecule has 0 amide bonds. The number of hydrogen-bond acceptors (Lipinski definition) is 2. The highest BCUT2D eigenvalue weighted by molar-refractivity contribution is 9.10. The van der Waals surface area contributed by atoms with E-state index in [1.54, 1.807) is 11.3 Å². The van der Waals surface area contributed by atoms with Crippen molar-refractivity contribution in [3.63, 3.8) is 0 Å². The molecule has 3 aromatic rings. The molecule has 0 aliphatic heterocycles. The molecule has 1 aromatic heterocycles. The second-order valence-corrected chi connectivity index (χ2v) is 6.25. The molecular formula is C16H12BrNS. The Hall–Kier alpha value is -1.45. The number of aryl methyl sites for hydroxylation is 1. The minimum atomic E-state index is 0.933. The average molecular weight is 330 g/mol. The molecule has 19 heavy (non-hydrogen) atoms. The van der Waals surface area contributed by atoms with Crippen LogP contribution in [-0.2, 0) is 0 Å². The lowest BCUT2D eigenvalue weighted by Crippen LogP contribution is -1.78. The van der Waals surface area contributed by atoms with E-state index in [9.17, 15) is 0 Å². The third-order valence-electron chi connectivity index (χ3n) is 2.95. The van der Waals surface area contributed by atoms with E-state index in [2.05, 4.69) is 69.4 Å². The maximum absolute atomic E-state index is 4.40. The summed E-state index contributed by atoms with van der Waals surface area (Å²) in [6.45, 7) is 2.03. The molecule has 94 valence electrons. The second kappa shape index (κ2) is 5.27. The number of benzene rings is 2. The molecule has 0 aliphatic carbocycles. The summed E-state index contributed by atoms with van der Waals surface area (Å²) in [4.78, 5) is 5.59. The molecule has 1 heterocycles. The second-order valence-electron chi connectivity index (χ2n) is 4.30. The van der Waals surface area contributed by atoms with Gasteiger partial charge in [0, 0.05) is 0 Å². The molecule has 0 atom stereocenters. The normalized spacial score (nSPS) is 10.6. The van der Waals surface area contributed by atoms with Crippen LogP contribution in [0.1, 0.15) is 5.01 Å². The van der Waals surface area contributed by atoms with Crippen molar-refractivity contribution in [3.8, 4) is 21.6 Å². The maximum atomic E-state index is 4.40.